The van der Waals surface area contributed by atoms with Crippen molar-refractivity contribution in [2.75, 3.05) is 32.8 Å². The lowest BCUT2D eigenvalue weighted by Crippen LogP contribution is -2.48. The number of benzene rings is 2. The highest BCUT2D eigenvalue weighted by molar-refractivity contribution is 9.10. The highest BCUT2D eigenvalue weighted by Crippen LogP contribution is 2.24. The molecule has 1 heterocycles. The molecule has 0 bridgehead atoms. The van der Waals surface area contributed by atoms with Gasteiger partial charge in [-0.05, 0) is 52.2 Å². The fourth-order valence-electron chi connectivity index (χ4n) is 3.31. The summed E-state index contributed by atoms with van der Waals surface area (Å²) in [5, 5.41) is 0. The number of nitrogens with zero attached hydrogens (tertiary/aromatic N) is 2. The maximum atomic E-state index is 12.4. The molecule has 7 heteroatoms. The Bertz CT molecular complexity index is 833. The van der Waals surface area contributed by atoms with Crippen LogP contribution in [0, 0.1) is 0 Å². The topological polar surface area (TPSA) is 75.9 Å². The van der Waals surface area contributed by atoms with E-state index >= 15 is 0 Å². The molecule has 0 saturated carbocycles. The third kappa shape index (κ3) is 6.30. The zero-order valence-electron chi connectivity index (χ0n) is 16.4. The van der Waals surface area contributed by atoms with Gasteiger partial charge in [-0.25, -0.2) is 0 Å². The molecule has 1 aliphatic heterocycles. The van der Waals surface area contributed by atoms with Gasteiger partial charge >= 0.3 is 0 Å². The summed E-state index contributed by atoms with van der Waals surface area (Å²) in [5.74, 6) is 0.578. The minimum Gasteiger partial charge on any atom is -0.492 e. The number of rotatable bonds is 8. The van der Waals surface area contributed by atoms with Crippen molar-refractivity contribution < 1.29 is 14.3 Å². The van der Waals surface area contributed by atoms with E-state index in [2.05, 4.69) is 20.8 Å². The van der Waals surface area contributed by atoms with E-state index in [0.29, 0.717) is 25.0 Å². The van der Waals surface area contributed by atoms with E-state index in [1.165, 1.54) is 0 Å². The number of carbonyl (C=O) groups is 2. The van der Waals surface area contributed by atoms with Crippen LogP contribution < -0.4 is 10.5 Å². The SMILES string of the molecule is NC(=O)c1ccc(CN2CCN(C(=O)CCCOc3ccccc3Br)CC2)cc1. The third-order valence-electron chi connectivity index (χ3n) is 5.00. The van der Waals surface area contributed by atoms with Crippen LogP contribution in [-0.2, 0) is 11.3 Å². The van der Waals surface area contributed by atoms with Crippen molar-refractivity contribution in [2.24, 2.45) is 5.73 Å². The molecule has 0 atom stereocenters. The highest BCUT2D eigenvalue weighted by Gasteiger charge is 2.20. The van der Waals surface area contributed by atoms with Gasteiger partial charge in [-0.1, -0.05) is 24.3 Å². The molecule has 1 fully saturated rings. The average molecular weight is 460 g/mol. The van der Waals surface area contributed by atoms with E-state index < -0.39 is 5.91 Å². The van der Waals surface area contributed by atoms with E-state index in [1.54, 1.807) is 12.1 Å². The van der Waals surface area contributed by atoms with Crippen LogP contribution in [0.15, 0.2) is 53.0 Å². The van der Waals surface area contributed by atoms with E-state index in [-0.39, 0.29) is 5.91 Å². The van der Waals surface area contributed by atoms with Gasteiger partial charge in [0.05, 0.1) is 11.1 Å². The zero-order chi connectivity index (χ0) is 20.6. The molecule has 2 amide bonds. The number of hydrogen-bond donors (Lipinski definition) is 1. The normalized spacial score (nSPS) is 14.6. The quantitative estimate of drug-likeness (QED) is 0.615. The van der Waals surface area contributed by atoms with Gasteiger partial charge in [-0.2, -0.15) is 0 Å². The zero-order valence-corrected chi connectivity index (χ0v) is 17.9. The van der Waals surface area contributed by atoms with Gasteiger partial charge in [-0.15, -0.1) is 0 Å². The number of nitrogens with two attached hydrogens (primary N) is 1. The smallest absolute Gasteiger partial charge is 0.248 e. The molecule has 1 saturated heterocycles. The van der Waals surface area contributed by atoms with Crippen molar-refractivity contribution in [3.05, 3.63) is 64.1 Å². The van der Waals surface area contributed by atoms with Crippen molar-refractivity contribution in [2.45, 2.75) is 19.4 Å². The minimum absolute atomic E-state index is 0.186. The summed E-state index contributed by atoms with van der Waals surface area (Å²) >= 11 is 3.45. The van der Waals surface area contributed by atoms with Gasteiger partial charge in [0.2, 0.25) is 11.8 Å². The standard InChI is InChI=1S/C22H26BrN3O3/c23-19-4-1-2-5-20(19)29-15-3-6-21(27)26-13-11-25(12-14-26)16-17-7-9-18(10-8-17)22(24)28/h1-2,4-5,7-10H,3,6,11-16H2,(H2,24,28). The molecule has 29 heavy (non-hydrogen) atoms. The second kappa shape index (κ2) is 10.4. The number of carbonyl (C=O) groups excluding carboxylic acids is 2. The molecule has 2 aromatic carbocycles. The van der Waals surface area contributed by atoms with Crippen molar-refractivity contribution in [1.82, 2.24) is 9.80 Å². The number of ether oxygens (including phenoxy) is 1. The third-order valence-corrected chi connectivity index (χ3v) is 5.65. The van der Waals surface area contributed by atoms with Crippen molar-refractivity contribution in [3.8, 4) is 5.75 Å². The summed E-state index contributed by atoms with van der Waals surface area (Å²) in [5.41, 5.74) is 6.93. The maximum absolute atomic E-state index is 12.4. The highest BCUT2D eigenvalue weighted by atomic mass is 79.9. The van der Waals surface area contributed by atoms with Gasteiger partial charge < -0.3 is 15.4 Å². The summed E-state index contributed by atoms with van der Waals surface area (Å²) in [6.45, 7) is 4.50. The van der Waals surface area contributed by atoms with Gasteiger partial charge in [0, 0.05) is 44.7 Å². The Kier molecular flexibility index (Phi) is 7.66. The van der Waals surface area contributed by atoms with Crippen LogP contribution in [0.5, 0.6) is 5.75 Å². The molecule has 2 N–H and O–H groups in total. The van der Waals surface area contributed by atoms with Gasteiger partial charge in [0.1, 0.15) is 5.75 Å². The number of hydrogen-bond acceptors (Lipinski definition) is 4. The molecule has 0 aromatic heterocycles. The van der Waals surface area contributed by atoms with E-state index in [4.69, 9.17) is 10.5 Å². The molecule has 0 radical (unpaired) electrons. The number of amides is 2. The molecule has 6 nitrogen and oxygen atoms in total. The molecule has 0 spiro atoms. The van der Waals surface area contributed by atoms with Crippen LogP contribution in [0.2, 0.25) is 0 Å². The number of halogens is 1. The Hall–Kier alpha value is -2.38. The first-order chi connectivity index (χ1) is 14.0. The molecule has 1 aliphatic rings. The Morgan fingerprint density at radius 2 is 1.69 bits per heavy atom. The first kappa shape index (κ1) is 21.3. The molecular formula is C22H26BrN3O3. The van der Waals surface area contributed by atoms with E-state index in [1.807, 2.05) is 41.3 Å². The van der Waals surface area contributed by atoms with Gasteiger partial charge in [0.25, 0.3) is 0 Å². The maximum Gasteiger partial charge on any atom is 0.248 e. The Morgan fingerprint density at radius 1 is 1.00 bits per heavy atom. The van der Waals surface area contributed by atoms with Crippen LogP contribution >= 0.6 is 15.9 Å². The summed E-state index contributed by atoms with van der Waals surface area (Å²) in [7, 11) is 0. The monoisotopic (exact) mass is 459 g/mol. The fraction of sp³-hybridized carbons (Fsp3) is 0.364. The number of primary amides is 1. The van der Waals surface area contributed by atoms with Crippen LogP contribution in [0.3, 0.4) is 0 Å². The number of piperazine rings is 1. The predicted octanol–water partition coefficient (Wildman–Crippen LogP) is 3.05. The van der Waals surface area contributed by atoms with E-state index in [9.17, 15) is 9.59 Å². The molecular weight excluding hydrogens is 434 g/mol. The Labute approximate surface area is 179 Å². The first-order valence-electron chi connectivity index (χ1n) is 9.79. The summed E-state index contributed by atoms with van der Waals surface area (Å²) < 4.78 is 6.65. The summed E-state index contributed by atoms with van der Waals surface area (Å²) in [6.07, 6.45) is 1.20. The van der Waals surface area contributed by atoms with Crippen molar-refractivity contribution in [3.63, 3.8) is 0 Å². The van der Waals surface area contributed by atoms with Crippen molar-refractivity contribution >= 4 is 27.7 Å². The molecule has 154 valence electrons. The summed E-state index contributed by atoms with van der Waals surface area (Å²) in [6, 6.07) is 15.1. The van der Waals surface area contributed by atoms with Crippen LogP contribution in [-0.4, -0.2) is 54.4 Å². The molecule has 0 aliphatic carbocycles. The Morgan fingerprint density at radius 3 is 2.34 bits per heavy atom. The predicted molar refractivity (Wildman–Crippen MR) is 116 cm³/mol. The lowest BCUT2D eigenvalue weighted by molar-refractivity contribution is -0.133. The van der Waals surface area contributed by atoms with Crippen LogP contribution in [0.4, 0.5) is 0 Å². The van der Waals surface area contributed by atoms with Crippen molar-refractivity contribution in [1.29, 1.82) is 0 Å². The van der Waals surface area contributed by atoms with Crippen LogP contribution in [0.1, 0.15) is 28.8 Å². The van der Waals surface area contributed by atoms with Crippen LogP contribution in [0.25, 0.3) is 0 Å². The fourth-order valence-corrected chi connectivity index (χ4v) is 3.71. The van der Waals surface area contributed by atoms with E-state index in [0.717, 1.165) is 48.5 Å². The minimum atomic E-state index is -0.412. The first-order valence-corrected chi connectivity index (χ1v) is 10.6. The Balaban J connectivity index is 1.35. The molecule has 0 unspecified atom stereocenters. The van der Waals surface area contributed by atoms with Gasteiger partial charge in [0.15, 0.2) is 0 Å². The number of para-hydroxylation sites is 1. The second-order valence-electron chi connectivity index (χ2n) is 7.10. The largest absolute Gasteiger partial charge is 0.492 e. The van der Waals surface area contributed by atoms with Gasteiger partial charge in [-0.3, -0.25) is 14.5 Å². The lowest BCUT2D eigenvalue weighted by atomic mass is 10.1. The summed E-state index contributed by atoms with van der Waals surface area (Å²) in [4.78, 5) is 27.8. The molecule has 2 aromatic rings. The second-order valence-corrected chi connectivity index (χ2v) is 7.95. The lowest BCUT2D eigenvalue weighted by Gasteiger charge is -2.34. The molecule has 3 rings (SSSR count). The average Bonchev–Trinajstić information content (AvgIpc) is 2.73.